The molecule has 202 valence electrons. The van der Waals surface area contributed by atoms with Gasteiger partial charge in [-0.15, -0.1) is 0 Å². The second-order valence-electron chi connectivity index (χ2n) is 9.70. The van der Waals surface area contributed by atoms with Crippen molar-refractivity contribution >= 4 is 41.2 Å². The smallest absolute Gasteiger partial charge is 0.409 e. The first-order valence-corrected chi connectivity index (χ1v) is 13.6. The second kappa shape index (κ2) is 12.9. The number of benzene rings is 2. The lowest BCUT2D eigenvalue weighted by Gasteiger charge is -2.39. The Labute approximate surface area is 228 Å². The van der Waals surface area contributed by atoms with Gasteiger partial charge in [0.05, 0.1) is 6.61 Å². The number of hydrogen-bond donors (Lipinski definition) is 3. The monoisotopic (exact) mass is 538 g/mol. The molecule has 3 amide bonds. The van der Waals surface area contributed by atoms with Crippen LogP contribution in [0.1, 0.15) is 43.7 Å². The molecule has 0 spiro atoms. The lowest BCUT2D eigenvalue weighted by molar-refractivity contribution is -0.133. The Kier molecular flexibility index (Phi) is 9.42. The Morgan fingerprint density at radius 2 is 1.71 bits per heavy atom. The Balaban J connectivity index is 1.51. The van der Waals surface area contributed by atoms with Crippen LogP contribution in [0.3, 0.4) is 0 Å². The van der Waals surface area contributed by atoms with Crippen molar-refractivity contribution in [2.75, 3.05) is 32.8 Å². The molecule has 0 bridgehead atoms. The van der Waals surface area contributed by atoms with Crippen molar-refractivity contribution in [3.8, 4) is 0 Å². The highest BCUT2D eigenvalue weighted by Gasteiger charge is 2.42. The molecule has 0 saturated carbocycles. The van der Waals surface area contributed by atoms with Crippen molar-refractivity contribution in [1.82, 2.24) is 20.9 Å². The number of amides is 3. The SMILES string of the molecule is CCOC(=O)N1CCC(NC(=O)C2(NC(=O)C(=Cc3ccc(Cl)cc3)c3ccccc3)CCNCC2)CC1. The Morgan fingerprint density at radius 3 is 2.34 bits per heavy atom. The molecule has 0 unspecified atom stereocenters. The average molecular weight is 539 g/mol. The van der Waals surface area contributed by atoms with Crippen LogP contribution in [-0.4, -0.2) is 67.2 Å². The first-order chi connectivity index (χ1) is 18.4. The summed E-state index contributed by atoms with van der Waals surface area (Å²) in [5.41, 5.74) is 1.03. The predicted molar refractivity (Wildman–Crippen MR) is 149 cm³/mol. The van der Waals surface area contributed by atoms with Gasteiger partial charge >= 0.3 is 6.09 Å². The molecule has 2 fully saturated rings. The highest BCUT2D eigenvalue weighted by Crippen LogP contribution is 2.25. The molecular weight excluding hydrogens is 504 g/mol. The van der Waals surface area contributed by atoms with Crippen LogP contribution in [0.25, 0.3) is 11.6 Å². The number of halogens is 1. The quantitative estimate of drug-likeness (QED) is 0.367. The van der Waals surface area contributed by atoms with Crippen LogP contribution < -0.4 is 16.0 Å². The van der Waals surface area contributed by atoms with Crippen LogP contribution in [0, 0.1) is 0 Å². The van der Waals surface area contributed by atoms with E-state index in [1.165, 1.54) is 0 Å². The fraction of sp³-hybridized carbons (Fsp3) is 0.414. The van der Waals surface area contributed by atoms with Crippen molar-refractivity contribution in [3.05, 3.63) is 70.7 Å². The number of nitrogens with one attached hydrogen (secondary N) is 3. The summed E-state index contributed by atoms with van der Waals surface area (Å²) in [7, 11) is 0. The van der Waals surface area contributed by atoms with Crippen molar-refractivity contribution in [3.63, 3.8) is 0 Å². The third kappa shape index (κ3) is 6.94. The first kappa shape index (κ1) is 27.7. The Bertz CT molecular complexity index is 1140. The molecule has 8 nitrogen and oxygen atoms in total. The van der Waals surface area contributed by atoms with E-state index in [-0.39, 0.29) is 23.9 Å². The summed E-state index contributed by atoms with van der Waals surface area (Å²) in [6.45, 7) is 4.40. The molecule has 2 heterocycles. The van der Waals surface area contributed by atoms with Crippen molar-refractivity contribution in [2.24, 2.45) is 0 Å². The normalized spacial score (nSPS) is 17.9. The number of hydrogen-bond acceptors (Lipinski definition) is 5. The molecule has 0 aliphatic carbocycles. The summed E-state index contributed by atoms with van der Waals surface area (Å²) < 4.78 is 5.09. The maximum absolute atomic E-state index is 13.8. The molecule has 4 rings (SSSR count). The summed E-state index contributed by atoms with van der Waals surface area (Å²) in [5, 5.41) is 10.2. The number of likely N-dealkylation sites (tertiary alicyclic amines) is 1. The largest absolute Gasteiger partial charge is 0.450 e. The van der Waals surface area contributed by atoms with Gasteiger partial charge in [0.2, 0.25) is 5.91 Å². The van der Waals surface area contributed by atoms with Crippen molar-refractivity contribution in [1.29, 1.82) is 0 Å². The van der Waals surface area contributed by atoms with Crippen LogP contribution in [-0.2, 0) is 14.3 Å². The van der Waals surface area contributed by atoms with Gasteiger partial charge in [-0.05, 0) is 75.0 Å². The van der Waals surface area contributed by atoms with Crippen LogP contribution in [0.5, 0.6) is 0 Å². The topological polar surface area (TPSA) is 99.8 Å². The van der Waals surface area contributed by atoms with Crippen molar-refractivity contribution in [2.45, 2.75) is 44.2 Å². The molecule has 0 atom stereocenters. The molecule has 2 aromatic rings. The Hall–Kier alpha value is -3.36. The van der Waals surface area contributed by atoms with E-state index in [1.54, 1.807) is 24.0 Å². The van der Waals surface area contributed by atoms with E-state index >= 15 is 0 Å². The number of nitrogens with zero attached hydrogens (tertiary/aromatic N) is 1. The average Bonchev–Trinajstić information content (AvgIpc) is 2.94. The van der Waals surface area contributed by atoms with E-state index in [4.69, 9.17) is 16.3 Å². The number of carbonyl (C=O) groups is 3. The van der Waals surface area contributed by atoms with E-state index in [1.807, 2.05) is 48.5 Å². The van der Waals surface area contributed by atoms with Crippen LogP contribution in [0.2, 0.25) is 5.02 Å². The van der Waals surface area contributed by atoms with Gasteiger partial charge in [0.1, 0.15) is 5.54 Å². The number of piperidine rings is 2. The van der Waals surface area contributed by atoms with Crippen molar-refractivity contribution < 1.29 is 19.1 Å². The molecular formula is C29H35ClN4O4. The highest BCUT2D eigenvalue weighted by atomic mass is 35.5. The molecule has 3 N–H and O–H groups in total. The van der Waals surface area contributed by atoms with Gasteiger partial charge in [-0.2, -0.15) is 0 Å². The summed E-state index contributed by atoms with van der Waals surface area (Å²) in [4.78, 5) is 41.2. The fourth-order valence-corrected chi connectivity index (χ4v) is 5.04. The minimum absolute atomic E-state index is 0.0740. The molecule has 2 saturated heterocycles. The lowest BCUT2D eigenvalue weighted by atomic mass is 9.85. The maximum Gasteiger partial charge on any atom is 0.409 e. The zero-order valence-corrected chi connectivity index (χ0v) is 22.4. The van der Waals surface area contributed by atoms with E-state index < -0.39 is 5.54 Å². The van der Waals surface area contributed by atoms with Crippen LogP contribution in [0.15, 0.2) is 54.6 Å². The molecule has 0 radical (unpaired) electrons. The zero-order chi connectivity index (χ0) is 27.0. The molecule has 2 aliphatic rings. The summed E-state index contributed by atoms with van der Waals surface area (Å²) >= 11 is 6.05. The van der Waals surface area contributed by atoms with E-state index in [2.05, 4.69) is 16.0 Å². The van der Waals surface area contributed by atoms with Gasteiger partial charge in [0.25, 0.3) is 5.91 Å². The molecule has 9 heteroatoms. The lowest BCUT2D eigenvalue weighted by Crippen LogP contribution is -2.64. The number of ether oxygens (including phenoxy) is 1. The molecule has 2 aliphatic heterocycles. The second-order valence-corrected chi connectivity index (χ2v) is 10.1. The molecule has 38 heavy (non-hydrogen) atoms. The summed E-state index contributed by atoms with van der Waals surface area (Å²) in [6.07, 6.45) is 3.74. The maximum atomic E-state index is 13.8. The minimum atomic E-state index is -1.03. The molecule has 0 aromatic heterocycles. The number of carbonyl (C=O) groups excluding carboxylic acids is 3. The van der Waals surface area contributed by atoms with Gasteiger partial charge in [-0.25, -0.2) is 4.79 Å². The van der Waals surface area contributed by atoms with Gasteiger partial charge in [0, 0.05) is 29.7 Å². The Morgan fingerprint density at radius 1 is 1.05 bits per heavy atom. The van der Waals surface area contributed by atoms with E-state index in [9.17, 15) is 14.4 Å². The summed E-state index contributed by atoms with van der Waals surface area (Å²) in [5.74, 6) is -0.485. The standard InChI is InChI=1S/C29H35ClN4O4/c1-2-38-28(37)34-18-12-24(13-19-34)32-27(36)29(14-16-31-17-15-29)33-26(35)25(22-6-4-3-5-7-22)20-21-8-10-23(30)11-9-21/h3-11,20,24,31H,2,12-19H2,1H3,(H,32,36)(H,33,35). The summed E-state index contributed by atoms with van der Waals surface area (Å²) in [6, 6.07) is 16.6. The van der Waals surface area contributed by atoms with Gasteiger partial charge in [0.15, 0.2) is 0 Å². The first-order valence-electron chi connectivity index (χ1n) is 13.2. The third-order valence-electron chi connectivity index (χ3n) is 7.11. The fourth-order valence-electron chi connectivity index (χ4n) is 4.92. The van der Waals surface area contributed by atoms with Gasteiger partial charge in [-0.3, -0.25) is 9.59 Å². The third-order valence-corrected chi connectivity index (χ3v) is 7.36. The van der Waals surface area contributed by atoms with Gasteiger partial charge < -0.3 is 25.6 Å². The predicted octanol–water partition coefficient (Wildman–Crippen LogP) is 3.86. The molecule has 2 aromatic carbocycles. The highest BCUT2D eigenvalue weighted by molar-refractivity contribution is 6.30. The van der Waals surface area contributed by atoms with Crippen LogP contribution in [0.4, 0.5) is 4.79 Å². The van der Waals surface area contributed by atoms with Gasteiger partial charge in [-0.1, -0.05) is 54.1 Å². The number of rotatable bonds is 7. The van der Waals surface area contributed by atoms with Crippen LogP contribution >= 0.6 is 11.6 Å². The van der Waals surface area contributed by atoms with E-state index in [0.29, 0.717) is 69.1 Å². The minimum Gasteiger partial charge on any atom is -0.450 e. The zero-order valence-electron chi connectivity index (χ0n) is 21.7. The van der Waals surface area contributed by atoms with E-state index in [0.717, 1.165) is 11.1 Å².